The number of anilines is 1. The van der Waals surface area contributed by atoms with E-state index >= 15 is 0 Å². The van der Waals surface area contributed by atoms with Crippen LogP contribution < -0.4 is 4.90 Å². The Kier molecular flexibility index (Phi) is 2.71. The number of tetrazole rings is 1. The second-order valence-electron chi connectivity index (χ2n) is 3.88. The number of morpholine rings is 1. The lowest BCUT2D eigenvalue weighted by atomic mass is 10.2. The molecule has 17 heavy (non-hydrogen) atoms. The summed E-state index contributed by atoms with van der Waals surface area (Å²) in [6.07, 6.45) is 0. The number of nitrogens with one attached hydrogen (secondary N) is 1. The van der Waals surface area contributed by atoms with Gasteiger partial charge in [-0.2, -0.15) is 5.21 Å². The normalized spacial score (nSPS) is 16.1. The number of ether oxygens (including phenoxy) is 1. The average molecular weight is 231 g/mol. The van der Waals surface area contributed by atoms with Crippen LogP contribution in [0.25, 0.3) is 11.4 Å². The van der Waals surface area contributed by atoms with Crippen molar-refractivity contribution in [1.29, 1.82) is 0 Å². The van der Waals surface area contributed by atoms with Crippen molar-refractivity contribution in [3.05, 3.63) is 24.3 Å². The molecule has 0 amide bonds. The van der Waals surface area contributed by atoms with Gasteiger partial charge in [0.2, 0.25) is 5.82 Å². The van der Waals surface area contributed by atoms with Gasteiger partial charge in [0.25, 0.3) is 0 Å². The molecule has 88 valence electrons. The van der Waals surface area contributed by atoms with Gasteiger partial charge in [0, 0.05) is 24.3 Å². The Morgan fingerprint density at radius 1 is 1.12 bits per heavy atom. The molecule has 1 N–H and O–H groups in total. The molecule has 0 unspecified atom stereocenters. The fourth-order valence-electron chi connectivity index (χ4n) is 1.93. The van der Waals surface area contributed by atoms with Crippen LogP contribution in [0.1, 0.15) is 0 Å². The van der Waals surface area contributed by atoms with E-state index in [2.05, 4.69) is 37.7 Å². The van der Waals surface area contributed by atoms with E-state index in [-0.39, 0.29) is 0 Å². The van der Waals surface area contributed by atoms with Crippen molar-refractivity contribution in [3.63, 3.8) is 0 Å². The Morgan fingerprint density at radius 2 is 1.88 bits per heavy atom. The molecule has 0 atom stereocenters. The molecule has 0 bridgehead atoms. The third-order valence-corrected chi connectivity index (χ3v) is 2.85. The van der Waals surface area contributed by atoms with Crippen LogP contribution in [0.3, 0.4) is 0 Å². The monoisotopic (exact) mass is 231 g/mol. The van der Waals surface area contributed by atoms with E-state index < -0.39 is 0 Å². The van der Waals surface area contributed by atoms with E-state index in [1.165, 1.54) is 5.69 Å². The highest BCUT2D eigenvalue weighted by molar-refractivity contribution is 5.59. The molecule has 0 saturated carbocycles. The topological polar surface area (TPSA) is 66.9 Å². The van der Waals surface area contributed by atoms with Crippen molar-refractivity contribution in [1.82, 2.24) is 20.6 Å². The molecular formula is C11H13N5O. The van der Waals surface area contributed by atoms with Gasteiger partial charge in [0.05, 0.1) is 13.2 Å². The molecule has 2 aromatic rings. The first kappa shape index (κ1) is 10.2. The minimum absolute atomic E-state index is 0.624. The molecule has 3 rings (SSSR count). The number of hydrogen-bond acceptors (Lipinski definition) is 5. The van der Waals surface area contributed by atoms with Gasteiger partial charge in [-0.05, 0) is 29.5 Å². The maximum absolute atomic E-state index is 5.33. The summed E-state index contributed by atoms with van der Waals surface area (Å²) >= 11 is 0. The third-order valence-electron chi connectivity index (χ3n) is 2.85. The van der Waals surface area contributed by atoms with E-state index in [1.807, 2.05) is 12.1 Å². The molecule has 2 heterocycles. The van der Waals surface area contributed by atoms with E-state index in [0.717, 1.165) is 31.9 Å². The summed E-state index contributed by atoms with van der Waals surface area (Å²) in [7, 11) is 0. The van der Waals surface area contributed by atoms with Crippen LogP contribution in [-0.2, 0) is 4.74 Å². The second kappa shape index (κ2) is 4.50. The second-order valence-corrected chi connectivity index (χ2v) is 3.88. The molecule has 1 aromatic carbocycles. The molecular weight excluding hydrogens is 218 g/mol. The van der Waals surface area contributed by atoms with Gasteiger partial charge in [-0.3, -0.25) is 0 Å². The largest absolute Gasteiger partial charge is 0.378 e. The number of rotatable bonds is 2. The van der Waals surface area contributed by atoms with Crippen LogP contribution in [0.2, 0.25) is 0 Å². The fraction of sp³-hybridized carbons (Fsp3) is 0.364. The SMILES string of the molecule is c1cc(N2CCOCC2)ccc1-c1nn[nH]n1. The van der Waals surface area contributed by atoms with Gasteiger partial charge in [-0.25, -0.2) is 0 Å². The fourth-order valence-corrected chi connectivity index (χ4v) is 1.93. The van der Waals surface area contributed by atoms with Crippen molar-refractivity contribution in [3.8, 4) is 11.4 Å². The lowest BCUT2D eigenvalue weighted by Gasteiger charge is -2.28. The molecule has 0 aliphatic carbocycles. The predicted molar refractivity (Wildman–Crippen MR) is 62.6 cm³/mol. The van der Waals surface area contributed by atoms with Crippen LogP contribution in [0.4, 0.5) is 5.69 Å². The molecule has 1 aliphatic rings. The molecule has 1 aromatic heterocycles. The maximum atomic E-state index is 5.33. The zero-order valence-electron chi connectivity index (χ0n) is 9.33. The smallest absolute Gasteiger partial charge is 0.204 e. The average Bonchev–Trinajstić information content (AvgIpc) is 2.94. The summed E-state index contributed by atoms with van der Waals surface area (Å²) in [5, 5.41) is 13.9. The Labute approximate surface area is 98.6 Å². The minimum Gasteiger partial charge on any atom is -0.378 e. The molecule has 0 radical (unpaired) electrons. The summed E-state index contributed by atoms with van der Waals surface area (Å²) in [5.74, 6) is 0.624. The Morgan fingerprint density at radius 3 is 2.53 bits per heavy atom. The van der Waals surface area contributed by atoms with Crippen LogP contribution in [0.5, 0.6) is 0 Å². The third kappa shape index (κ3) is 2.12. The lowest BCUT2D eigenvalue weighted by Crippen LogP contribution is -2.36. The summed E-state index contributed by atoms with van der Waals surface area (Å²) < 4.78 is 5.33. The van der Waals surface area contributed by atoms with Crippen molar-refractivity contribution in [2.24, 2.45) is 0 Å². The van der Waals surface area contributed by atoms with Crippen molar-refractivity contribution < 1.29 is 4.74 Å². The molecule has 6 heteroatoms. The lowest BCUT2D eigenvalue weighted by molar-refractivity contribution is 0.122. The van der Waals surface area contributed by atoms with Crippen LogP contribution in [0.15, 0.2) is 24.3 Å². The molecule has 1 aliphatic heterocycles. The first-order valence-electron chi connectivity index (χ1n) is 5.60. The van der Waals surface area contributed by atoms with Gasteiger partial charge < -0.3 is 9.64 Å². The highest BCUT2D eigenvalue weighted by atomic mass is 16.5. The number of nitrogens with zero attached hydrogens (tertiary/aromatic N) is 4. The predicted octanol–water partition coefficient (Wildman–Crippen LogP) is 0.703. The summed E-state index contributed by atoms with van der Waals surface area (Å²) in [6, 6.07) is 8.18. The first-order valence-corrected chi connectivity index (χ1v) is 5.60. The van der Waals surface area contributed by atoms with E-state index in [1.54, 1.807) is 0 Å². The quantitative estimate of drug-likeness (QED) is 0.824. The summed E-state index contributed by atoms with van der Waals surface area (Å²) in [4.78, 5) is 2.31. The zero-order valence-corrected chi connectivity index (χ0v) is 9.33. The standard InChI is InChI=1S/C11H13N5O/c1-3-10(16-5-7-17-8-6-16)4-2-9(1)11-12-14-15-13-11/h1-4H,5-8H2,(H,12,13,14,15). The Hall–Kier alpha value is -1.95. The highest BCUT2D eigenvalue weighted by Crippen LogP contribution is 2.20. The number of H-pyrrole nitrogens is 1. The summed E-state index contributed by atoms with van der Waals surface area (Å²) in [5.41, 5.74) is 2.18. The molecule has 0 spiro atoms. The zero-order chi connectivity index (χ0) is 11.5. The van der Waals surface area contributed by atoms with Crippen LogP contribution in [-0.4, -0.2) is 46.9 Å². The van der Waals surface area contributed by atoms with Crippen LogP contribution in [0, 0.1) is 0 Å². The number of benzene rings is 1. The van der Waals surface area contributed by atoms with E-state index in [9.17, 15) is 0 Å². The number of hydrogen-bond donors (Lipinski definition) is 1. The number of aromatic amines is 1. The number of aromatic nitrogens is 4. The van der Waals surface area contributed by atoms with Gasteiger partial charge in [-0.1, -0.05) is 0 Å². The van der Waals surface area contributed by atoms with Crippen molar-refractivity contribution in [2.75, 3.05) is 31.2 Å². The van der Waals surface area contributed by atoms with Gasteiger partial charge in [0.1, 0.15) is 0 Å². The van der Waals surface area contributed by atoms with Crippen molar-refractivity contribution >= 4 is 5.69 Å². The van der Waals surface area contributed by atoms with Crippen LogP contribution >= 0.6 is 0 Å². The van der Waals surface area contributed by atoms with E-state index in [4.69, 9.17) is 4.74 Å². The molecule has 6 nitrogen and oxygen atoms in total. The van der Waals surface area contributed by atoms with E-state index in [0.29, 0.717) is 5.82 Å². The maximum Gasteiger partial charge on any atom is 0.204 e. The minimum atomic E-state index is 0.624. The Bertz CT molecular complexity index is 461. The molecule has 1 saturated heterocycles. The first-order chi connectivity index (χ1) is 8.43. The van der Waals surface area contributed by atoms with Gasteiger partial charge in [-0.15, -0.1) is 10.2 Å². The van der Waals surface area contributed by atoms with Gasteiger partial charge >= 0.3 is 0 Å². The van der Waals surface area contributed by atoms with Crippen molar-refractivity contribution in [2.45, 2.75) is 0 Å². The summed E-state index contributed by atoms with van der Waals surface area (Å²) in [6.45, 7) is 3.49. The molecule has 1 fully saturated rings. The Balaban J connectivity index is 1.80. The highest BCUT2D eigenvalue weighted by Gasteiger charge is 2.11. The van der Waals surface area contributed by atoms with Gasteiger partial charge in [0.15, 0.2) is 0 Å².